The molecule has 68 valence electrons. The zero-order valence-corrected chi connectivity index (χ0v) is 8.31. The third-order valence-corrected chi connectivity index (χ3v) is 1.58. The van der Waals surface area contributed by atoms with Gasteiger partial charge in [-0.05, 0) is 12.1 Å². The molecule has 12 heavy (non-hydrogen) atoms. The minimum absolute atomic E-state index is 0.606. The van der Waals surface area contributed by atoms with Gasteiger partial charge in [-0.3, -0.25) is 0 Å². The van der Waals surface area contributed by atoms with Gasteiger partial charge in [0.1, 0.15) is 0 Å². The van der Waals surface area contributed by atoms with Crippen LogP contribution in [0.3, 0.4) is 0 Å². The maximum absolute atomic E-state index is 8.81. The van der Waals surface area contributed by atoms with E-state index >= 15 is 0 Å². The highest BCUT2D eigenvalue weighted by molar-refractivity contribution is 7.69. The van der Waals surface area contributed by atoms with Gasteiger partial charge >= 0.3 is 0 Å². The van der Waals surface area contributed by atoms with E-state index < -0.39 is 10.9 Å². The summed E-state index contributed by atoms with van der Waals surface area (Å²) in [5.74, 6) is 0. The van der Waals surface area contributed by atoms with Gasteiger partial charge in [0.2, 0.25) is 0 Å². The first-order valence-corrected chi connectivity index (χ1v) is 4.83. The molecule has 1 rings (SSSR count). The molecule has 0 heterocycles. The molecule has 0 saturated carbocycles. The molecular weight excluding hydrogens is 221 g/mol. The lowest BCUT2D eigenvalue weighted by atomic mass is 10.4. The monoisotopic (exact) mass is 227 g/mol. The molecule has 0 spiro atoms. The Morgan fingerprint density at radius 2 is 1.33 bits per heavy atom. The van der Waals surface area contributed by atoms with E-state index in [1.165, 1.54) is 0 Å². The average molecular weight is 228 g/mol. The largest absolute Gasteiger partial charge is 0.231 e. The summed E-state index contributed by atoms with van der Waals surface area (Å²) in [6, 6.07) is 7.19. The Morgan fingerprint density at radius 3 is 1.50 bits per heavy atom. The summed E-state index contributed by atoms with van der Waals surface area (Å²) in [6.07, 6.45) is 0. The van der Waals surface area contributed by atoms with Gasteiger partial charge in [0.25, 0.3) is 0 Å². The van der Waals surface area contributed by atoms with Gasteiger partial charge in [-0.1, -0.05) is 35.3 Å². The maximum Gasteiger partial charge on any atom is 0.198 e. The van der Waals surface area contributed by atoms with E-state index in [0.717, 1.165) is 0 Å². The first kappa shape index (κ1) is 11.7. The van der Waals surface area contributed by atoms with Crippen LogP contribution in [0.1, 0.15) is 0 Å². The zero-order valence-electron chi connectivity index (χ0n) is 5.91. The van der Waals surface area contributed by atoms with Gasteiger partial charge < -0.3 is 0 Å². The predicted molar refractivity (Wildman–Crippen MR) is 51.0 cm³/mol. The minimum Gasteiger partial charge on any atom is -0.231 e. The molecule has 0 unspecified atom stereocenters. The Labute approximate surface area is 82.2 Å². The van der Waals surface area contributed by atoms with Crippen molar-refractivity contribution in [3.8, 4) is 0 Å². The lowest BCUT2D eigenvalue weighted by Gasteiger charge is -1.88. The molecule has 0 aliphatic carbocycles. The van der Waals surface area contributed by atoms with Crippen LogP contribution in [0.2, 0.25) is 10.0 Å². The highest BCUT2D eigenvalue weighted by Gasteiger charge is 1.89. The number of nitrogens with two attached hydrogens (primary N) is 1. The van der Waals surface area contributed by atoms with Crippen LogP contribution in [0.25, 0.3) is 0 Å². The summed E-state index contributed by atoms with van der Waals surface area (Å²) in [6.45, 7) is 0. The molecule has 0 aliphatic heterocycles. The molecule has 0 fully saturated rings. The molecule has 0 bridgehead atoms. The van der Waals surface area contributed by atoms with Crippen molar-refractivity contribution in [2.75, 3.05) is 0 Å². The Morgan fingerprint density at radius 1 is 1.08 bits per heavy atom. The standard InChI is InChI=1S/C6H4Cl2.H3NO2S/c7-5-3-1-2-4-6(5)8;1-4(2)3/h1-4H;4H,(H2,1,2,3). The van der Waals surface area contributed by atoms with Gasteiger partial charge in [-0.2, -0.15) is 0 Å². The molecular formula is C6H7Cl2NO2S. The number of rotatable bonds is 0. The van der Waals surface area contributed by atoms with E-state index in [-0.39, 0.29) is 0 Å². The van der Waals surface area contributed by atoms with Crippen molar-refractivity contribution in [2.24, 2.45) is 5.14 Å². The summed E-state index contributed by atoms with van der Waals surface area (Å²) in [5.41, 5.74) is 0. The van der Waals surface area contributed by atoms with E-state index in [1.807, 2.05) is 12.1 Å². The number of benzene rings is 1. The average Bonchev–Trinajstić information content (AvgIpc) is 1.94. The summed E-state index contributed by atoms with van der Waals surface area (Å²) < 4.78 is 17.6. The Kier molecular flexibility index (Phi) is 6.10. The fourth-order valence-electron chi connectivity index (χ4n) is 0.439. The summed E-state index contributed by atoms with van der Waals surface area (Å²) in [5, 5.41) is 5.28. The molecule has 0 saturated heterocycles. The zero-order chi connectivity index (χ0) is 9.56. The number of hydrogen-bond donors (Lipinski definition) is 2. The first-order chi connectivity index (χ1) is 5.54. The fraction of sp³-hybridized carbons (Fsp3) is 0. The molecule has 0 radical (unpaired) electrons. The van der Waals surface area contributed by atoms with Crippen LogP contribution >= 0.6 is 23.2 Å². The third-order valence-electron chi connectivity index (χ3n) is 0.824. The normalized spacial score (nSPS) is 9.00. The topological polar surface area (TPSA) is 60.2 Å². The molecule has 0 amide bonds. The molecule has 1 aromatic rings. The van der Waals surface area contributed by atoms with Crippen molar-refractivity contribution < 1.29 is 8.42 Å². The van der Waals surface area contributed by atoms with Crippen molar-refractivity contribution in [1.82, 2.24) is 0 Å². The molecule has 0 aromatic heterocycles. The van der Waals surface area contributed by atoms with Gasteiger partial charge in [-0.15, -0.1) is 0 Å². The van der Waals surface area contributed by atoms with Crippen LogP contribution in [0.15, 0.2) is 24.3 Å². The van der Waals surface area contributed by atoms with Crippen molar-refractivity contribution >= 4 is 34.1 Å². The van der Waals surface area contributed by atoms with Gasteiger partial charge in [0, 0.05) is 0 Å². The van der Waals surface area contributed by atoms with Crippen LogP contribution in [-0.4, -0.2) is 8.42 Å². The van der Waals surface area contributed by atoms with Crippen LogP contribution in [0.4, 0.5) is 0 Å². The van der Waals surface area contributed by atoms with Gasteiger partial charge in [-0.25, -0.2) is 13.6 Å². The van der Waals surface area contributed by atoms with Crippen LogP contribution in [-0.2, 0) is 10.9 Å². The highest BCUT2D eigenvalue weighted by atomic mass is 35.5. The van der Waals surface area contributed by atoms with Crippen molar-refractivity contribution in [3.63, 3.8) is 0 Å². The van der Waals surface area contributed by atoms with Crippen LogP contribution in [0.5, 0.6) is 0 Å². The molecule has 6 heteroatoms. The van der Waals surface area contributed by atoms with E-state index in [4.69, 9.17) is 31.6 Å². The Hall–Kier alpha value is -0.290. The Balaban J connectivity index is 0.000000261. The van der Waals surface area contributed by atoms with Gasteiger partial charge in [0.15, 0.2) is 10.9 Å². The summed E-state index contributed by atoms with van der Waals surface area (Å²) >= 11 is 11.2. The molecule has 3 nitrogen and oxygen atoms in total. The minimum atomic E-state index is -2.62. The van der Waals surface area contributed by atoms with Crippen LogP contribution < -0.4 is 5.14 Å². The second-order valence-corrected chi connectivity index (χ2v) is 3.08. The lowest BCUT2D eigenvalue weighted by Crippen LogP contribution is -1.85. The summed E-state index contributed by atoms with van der Waals surface area (Å²) in [4.78, 5) is 0. The van der Waals surface area contributed by atoms with E-state index in [9.17, 15) is 0 Å². The first-order valence-electron chi connectivity index (χ1n) is 2.83. The number of thiol groups is 1. The quantitative estimate of drug-likeness (QED) is 0.660. The Bertz CT molecular complexity index is 285. The maximum atomic E-state index is 8.81. The van der Waals surface area contributed by atoms with E-state index in [2.05, 4.69) is 5.14 Å². The van der Waals surface area contributed by atoms with Crippen LogP contribution in [0, 0.1) is 0 Å². The molecule has 0 atom stereocenters. The smallest absolute Gasteiger partial charge is 0.198 e. The van der Waals surface area contributed by atoms with Crippen molar-refractivity contribution in [1.29, 1.82) is 0 Å². The third kappa shape index (κ3) is 6.42. The fourth-order valence-corrected chi connectivity index (χ4v) is 0.711. The number of halogens is 2. The van der Waals surface area contributed by atoms with Crippen molar-refractivity contribution in [3.05, 3.63) is 34.3 Å². The SMILES string of the molecule is Clc1ccccc1Cl.N[SH](=O)=O. The predicted octanol–water partition coefficient (Wildman–Crippen LogP) is 1.46. The molecule has 2 N–H and O–H groups in total. The number of hydrogen-bond acceptors (Lipinski definition) is 2. The summed E-state index contributed by atoms with van der Waals surface area (Å²) in [7, 11) is -2.62. The lowest BCUT2D eigenvalue weighted by molar-refractivity contribution is 0.616. The van der Waals surface area contributed by atoms with Gasteiger partial charge in [0.05, 0.1) is 10.0 Å². The molecule has 0 aliphatic rings. The van der Waals surface area contributed by atoms with E-state index in [1.54, 1.807) is 12.1 Å². The van der Waals surface area contributed by atoms with E-state index in [0.29, 0.717) is 10.0 Å². The second-order valence-electron chi connectivity index (χ2n) is 1.70. The van der Waals surface area contributed by atoms with Crippen molar-refractivity contribution in [2.45, 2.75) is 0 Å². The molecule has 1 aromatic carbocycles. The highest BCUT2D eigenvalue weighted by Crippen LogP contribution is 2.19. The second kappa shape index (κ2) is 6.25.